The van der Waals surface area contributed by atoms with Gasteiger partial charge in [-0.15, -0.1) is 0 Å². The Morgan fingerprint density at radius 2 is 2.11 bits per heavy atom. The van der Waals surface area contributed by atoms with Crippen molar-refractivity contribution in [3.05, 3.63) is 59.2 Å². The summed E-state index contributed by atoms with van der Waals surface area (Å²) >= 11 is 0. The molecule has 4 heterocycles. The highest BCUT2D eigenvalue weighted by Gasteiger charge is 2.24. The third-order valence-electron chi connectivity index (χ3n) is 5.49. The molecular weight excluding hydrogens is 350 g/mol. The molecule has 1 saturated heterocycles. The summed E-state index contributed by atoms with van der Waals surface area (Å²) in [5, 5.41) is 7.25. The molecule has 146 valence electrons. The Labute approximate surface area is 166 Å². The fourth-order valence-electron chi connectivity index (χ4n) is 4.13. The number of pyridine rings is 2. The molecular formula is C22H27N5O. The Morgan fingerprint density at radius 1 is 1.21 bits per heavy atom. The van der Waals surface area contributed by atoms with Crippen LogP contribution in [0.15, 0.2) is 41.1 Å². The Morgan fingerprint density at radius 3 is 2.89 bits per heavy atom. The molecule has 0 radical (unpaired) electrons. The second kappa shape index (κ2) is 8.10. The number of aryl methyl sites for hydroxylation is 2. The SMILES string of the molecule is CNc1ncccc1CN1CC[C@@H](Cc2cccc(-c3c(C)noc3C)n2)C1. The standard InChI is InChI=1S/C22H27N5O/c1-15-21(16(2)28-26-15)20-8-4-7-19(25-20)12-17-9-11-27(13-17)14-18-6-5-10-24-22(18)23-3/h4-8,10,17H,9,11-14H2,1-3H3,(H,23,24)/t17-/m0/s1. The van der Waals surface area contributed by atoms with Crippen molar-refractivity contribution in [2.75, 3.05) is 25.5 Å². The van der Waals surface area contributed by atoms with Crippen LogP contribution in [0.1, 0.15) is 29.1 Å². The molecule has 1 fully saturated rings. The van der Waals surface area contributed by atoms with Gasteiger partial charge in [-0.3, -0.25) is 9.88 Å². The minimum Gasteiger partial charge on any atom is -0.373 e. The van der Waals surface area contributed by atoms with E-state index in [9.17, 15) is 0 Å². The monoisotopic (exact) mass is 377 g/mol. The summed E-state index contributed by atoms with van der Waals surface area (Å²) in [5.41, 5.74) is 5.26. The van der Waals surface area contributed by atoms with Crippen molar-refractivity contribution in [2.45, 2.75) is 33.2 Å². The third kappa shape index (κ3) is 3.92. The van der Waals surface area contributed by atoms with E-state index in [1.54, 1.807) is 0 Å². The van der Waals surface area contributed by atoms with Gasteiger partial charge in [-0.25, -0.2) is 4.98 Å². The van der Waals surface area contributed by atoms with Crippen LogP contribution < -0.4 is 5.32 Å². The number of nitrogens with zero attached hydrogens (tertiary/aromatic N) is 4. The van der Waals surface area contributed by atoms with Gasteiger partial charge in [0.1, 0.15) is 11.6 Å². The predicted octanol–water partition coefficient (Wildman–Crippen LogP) is 3.85. The highest BCUT2D eigenvalue weighted by Crippen LogP contribution is 2.27. The summed E-state index contributed by atoms with van der Waals surface area (Å²) in [7, 11) is 1.93. The zero-order chi connectivity index (χ0) is 19.5. The van der Waals surface area contributed by atoms with Crippen LogP contribution in [0.25, 0.3) is 11.3 Å². The van der Waals surface area contributed by atoms with E-state index in [1.165, 1.54) is 12.0 Å². The fraction of sp³-hybridized carbons (Fsp3) is 0.409. The van der Waals surface area contributed by atoms with Crippen LogP contribution in [-0.2, 0) is 13.0 Å². The molecule has 6 nitrogen and oxygen atoms in total. The summed E-state index contributed by atoms with van der Waals surface area (Å²) in [6.07, 6.45) is 4.03. The van der Waals surface area contributed by atoms with Crippen LogP contribution in [0.3, 0.4) is 0 Å². The van der Waals surface area contributed by atoms with Crippen LogP contribution in [0.2, 0.25) is 0 Å². The zero-order valence-corrected chi connectivity index (χ0v) is 16.8. The Kier molecular flexibility index (Phi) is 5.39. The van der Waals surface area contributed by atoms with Crippen LogP contribution in [0.5, 0.6) is 0 Å². The minimum atomic E-state index is 0.627. The molecule has 0 spiro atoms. The Balaban J connectivity index is 1.41. The summed E-state index contributed by atoms with van der Waals surface area (Å²) in [6, 6.07) is 10.4. The van der Waals surface area contributed by atoms with Gasteiger partial charge in [0.2, 0.25) is 0 Å². The van der Waals surface area contributed by atoms with Crippen LogP contribution in [0, 0.1) is 19.8 Å². The predicted molar refractivity (Wildman–Crippen MR) is 110 cm³/mol. The first-order valence-corrected chi connectivity index (χ1v) is 9.87. The summed E-state index contributed by atoms with van der Waals surface area (Å²) < 4.78 is 5.31. The van der Waals surface area contributed by atoms with Crippen molar-refractivity contribution in [3.63, 3.8) is 0 Å². The van der Waals surface area contributed by atoms with Crippen molar-refractivity contribution in [1.82, 2.24) is 20.0 Å². The second-order valence-corrected chi connectivity index (χ2v) is 7.57. The maximum absolute atomic E-state index is 5.31. The normalized spacial score (nSPS) is 17.2. The molecule has 0 aliphatic carbocycles. The average molecular weight is 377 g/mol. The van der Waals surface area contributed by atoms with Gasteiger partial charge in [-0.1, -0.05) is 17.3 Å². The number of anilines is 1. The lowest BCUT2D eigenvalue weighted by atomic mass is 10.0. The lowest BCUT2D eigenvalue weighted by Crippen LogP contribution is -2.21. The largest absolute Gasteiger partial charge is 0.373 e. The lowest BCUT2D eigenvalue weighted by molar-refractivity contribution is 0.316. The van der Waals surface area contributed by atoms with Crippen molar-refractivity contribution in [3.8, 4) is 11.3 Å². The van der Waals surface area contributed by atoms with Gasteiger partial charge in [-0.05, 0) is 57.4 Å². The van der Waals surface area contributed by atoms with Crippen molar-refractivity contribution in [1.29, 1.82) is 0 Å². The van der Waals surface area contributed by atoms with Crippen molar-refractivity contribution < 1.29 is 4.52 Å². The fourth-order valence-corrected chi connectivity index (χ4v) is 4.13. The van der Waals surface area contributed by atoms with E-state index in [2.05, 4.69) is 38.6 Å². The van der Waals surface area contributed by atoms with E-state index in [-0.39, 0.29) is 0 Å². The van der Waals surface area contributed by atoms with Crippen LogP contribution >= 0.6 is 0 Å². The summed E-state index contributed by atoms with van der Waals surface area (Å²) in [6.45, 7) is 7.05. The number of hydrogen-bond acceptors (Lipinski definition) is 6. The molecule has 6 heteroatoms. The Bertz CT molecular complexity index is 932. The second-order valence-electron chi connectivity index (χ2n) is 7.57. The van der Waals surface area contributed by atoms with Gasteiger partial charge in [0, 0.05) is 37.6 Å². The lowest BCUT2D eigenvalue weighted by Gasteiger charge is -2.17. The zero-order valence-electron chi connectivity index (χ0n) is 16.8. The van der Waals surface area contributed by atoms with Gasteiger partial charge < -0.3 is 9.84 Å². The van der Waals surface area contributed by atoms with Gasteiger partial charge >= 0.3 is 0 Å². The number of rotatable bonds is 6. The van der Waals surface area contributed by atoms with E-state index < -0.39 is 0 Å². The molecule has 1 atom stereocenters. The molecule has 1 aliphatic rings. The van der Waals surface area contributed by atoms with E-state index >= 15 is 0 Å². The van der Waals surface area contributed by atoms with Crippen molar-refractivity contribution in [2.24, 2.45) is 5.92 Å². The number of aromatic nitrogens is 3. The molecule has 3 aromatic heterocycles. The smallest absolute Gasteiger partial charge is 0.143 e. The molecule has 4 rings (SSSR count). The van der Waals surface area contributed by atoms with E-state index in [0.29, 0.717) is 5.92 Å². The first-order valence-electron chi connectivity index (χ1n) is 9.87. The molecule has 3 aromatic rings. The van der Waals surface area contributed by atoms with Gasteiger partial charge in [0.05, 0.1) is 17.0 Å². The summed E-state index contributed by atoms with van der Waals surface area (Å²) in [5.74, 6) is 2.42. The maximum Gasteiger partial charge on any atom is 0.143 e. The summed E-state index contributed by atoms with van der Waals surface area (Å²) in [4.78, 5) is 11.8. The van der Waals surface area contributed by atoms with E-state index in [4.69, 9.17) is 9.51 Å². The van der Waals surface area contributed by atoms with Crippen molar-refractivity contribution >= 4 is 5.82 Å². The molecule has 0 amide bonds. The number of hydrogen-bond donors (Lipinski definition) is 1. The van der Waals surface area contributed by atoms with Gasteiger partial charge in [0.25, 0.3) is 0 Å². The molecule has 1 aliphatic heterocycles. The highest BCUT2D eigenvalue weighted by atomic mass is 16.5. The van der Waals surface area contributed by atoms with Gasteiger partial charge in [0.15, 0.2) is 0 Å². The first-order chi connectivity index (χ1) is 13.6. The molecule has 0 saturated carbocycles. The van der Waals surface area contributed by atoms with Crippen LogP contribution in [0.4, 0.5) is 5.82 Å². The Hall–Kier alpha value is -2.73. The first kappa shape index (κ1) is 18.6. The van der Waals surface area contributed by atoms with E-state index in [0.717, 1.165) is 60.3 Å². The molecule has 0 bridgehead atoms. The highest BCUT2D eigenvalue weighted by molar-refractivity contribution is 5.63. The molecule has 28 heavy (non-hydrogen) atoms. The van der Waals surface area contributed by atoms with Gasteiger partial charge in [-0.2, -0.15) is 0 Å². The van der Waals surface area contributed by atoms with Crippen LogP contribution in [-0.4, -0.2) is 40.2 Å². The molecule has 1 N–H and O–H groups in total. The maximum atomic E-state index is 5.31. The number of likely N-dealkylation sites (tertiary alicyclic amines) is 1. The molecule has 0 aromatic carbocycles. The quantitative estimate of drug-likeness (QED) is 0.704. The number of nitrogens with one attached hydrogen (secondary N) is 1. The topological polar surface area (TPSA) is 67.1 Å². The molecule has 0 unspecified atom stereocenters. The average Bonchev–Trinajstić information content (AvgIpc) is 3.28. The minimum absolute atomic E-state index is 0.627. The third-order valence-corrected chi connectivity index (χ3v) is 5.49. The van der Waals surface area contributed by atoms with E-state index in [1.807, 2.05) is 39.2 Å².